The van der Waals surface area contributed by atoms with Crippen molar-refractivity contribution < 1.29 is 28.7 Å². The summed E-state index contributed by atoms with van der Waals surface area (Å²) in [5, 5.41) is 2.00. The molecule has 0 spiro atoms. The zero-order valence-electron chi connectivity index (χ0n) is 12.9. The summed E-state index contributed by atoms with van der Waals surface area (Å²) in [6.07, 6.45) is -1.19. The molecule has 1 aliphatic heterocycles. The summed E-state index contributed by atoms with van der Waals surface area (Å²) in [6.45, 7) is 0. The van der Waals surface area contributed by atoms with Crippen LogP contribution >= 0.6 is 0 Å². The number of likely N-dealkylation sites (N-methyl/N-ethyl adjacent to an activating group) is 1. The van der Waals surface area contributed by atoms with Crippen LogP contribution in [0.4, 0.5) is 4.79 Å². The number of alkyl carbamates (subject to hydrolysis) is 1. The van der Waals surface area contributed by atoms with E-state index in [1.807, 2.05) is 5.32 Å². The van der Waals surface area contributed by atoms with Gasteiger partial charge in [0.1, 0.15) is 5.75 Å². The second-order valence-electron chi connectivity index (χ2n) is 4.95. The fourth-order valence-corrected chi connectivity index (χ4v) is 2.40. The molecule has 1 atom stereocenters. The predicted octanol–water partition coefficient (Wildman–Crippen LogP) is 0.664. The number of nitrogens with one attached hydrogen (secondary N) is 1. The van der Waals surface area contributed by atoms with Crippen molar-refractivity contribution in [2.24, 2.45) is 0 Å². The first-order chi connectivity index (χ1) is 10.9. The van der Waals surface area contributed by atoms with Gasteiger partial charge in [-0.05, 0) is 23.8 Å². The molecule has 1 aromatic rings. The minimum Gasteiger partial charge on any atom is -0.497 e. The molecule has 0 aliphatic carbocycles. The molecule has 122 valence electrons. The van der Waals surface area contributed by atoms with Crippen molar-refractivity contribution >= 4 is 23.8 Å². The number of hydrogen-bond donors (Lipinski definition) is 1. The highest BCUT2D eigenvalue weighted by Gasteiger charge is 2.38. The average Bonchev–Trinajstić information content (AvgIpc) is 2.55. The van der Waals surface area contributed by atoms with Crippen LogP contribution in [0, 0.1) is 0 Å². The van der Waals surface area contributed by atoms with Crippen molar-refractivity contribution in [2.75, 3.05) is 21.3 Å². The molecule has 1 unspecified atom stereocenters. The van der Waals surface area contributed by atoms with E-state index in [9.17, 15) is 19.2 Å². The third kappa shape index (κ3) is 3.15. The number of imide groups is 2. The highest BCUT2D eigenvalue weighted by atomic mass is 16.5. The quantitative estimate of drug-likeness (QED) is 0.821. The predicted molar refractivity (Wildman–Crippen MR) is 78.0 cm³/mol. The molecule has 1 aromatic carbocycles. The fourth-order valence-electron chi connectivity index (χ4n) is 2.40. The van der Waals surface area contributed by atoms with Crippen LogP contribution in [0.2, 0.25) is 0 Å². The van der Waals surface area contributed by atoms with Crippen LogP contribution in [-0.4, -0.2) is 50.0 Å². The van der Waals surface area contributed by atoms with Crippen molar-refractivity contribution in [3.63, 3.8) is 0 Å². The van der Waals surface area contributed by atoms with Gasteiger partial charge in [0.15, 0.2) is 0 Å². The number of benzene rings is 1. The zero-order valence-corrected chi connectivity index (χ0v) is 12.9. The van der Waals surface area contributed by atoms with Crippen LogP contribution in [0.5, 0.6) is 5.75 Å². The molecule has 1 N–H and O–H groups in total. The summed E-state index contributed by atoms with van der Waals surface area (Å²) in [4.78, 5) is 48.5. The molecule has 8 nitrogen and oxygen atoms in total. The average molecular weight is 320 g/mol. The second-order valence-corrected chi connectivity index (χ2v) is 4.95. The fraction of sp³-hybridized carbons (Fsp3) is 0.333. The van der Waals surface area contributed by atoms with Crippen molar-refractivity contribution in [2.45, 2.75) is 12.3 Å². The molecule has 23 heavy (non-hydrogen) atoms. The van der Waals surface area contributed by atoms with Crippen LogP contribution in [0.1, 0.15) is 28.3 Å². The first kappa shape index (κ1) is 16.5. The highest BCUT2D eigenvalue weighted by Crippen LogP contribution is 2.33. The zero-order chi connectivity index (χ0) is 17.1. The van der Waals surface area contributed by atoms with E-state index in [0.717, 1.165) is 12.0 Å². The third-order valence-corrected chi connectivity index (χ3v) is 3.61. The first-order valence-electron chi connectivity index (χ1n) is 6.76. The van der Waals surface area contributed by atoms with Gasteiger partial charge in [0.2, 0.25) is 11.8 Å². The maximum absolute atomic E-state index is 12.4. The normalized spacial score (nSPS) is 16.7. The van der Waals surface area contributed by atoms with E-state index in [2.05, 4.69) is 4.74 Å². The van der Waals surface area contributed by atoms with E-state index in [1.54, 1.807) is 18.2 Å². The number of ether oxygens (including phenoxy) is 2. The van der Waals surface area contributed by atoms with Crippen molar-refractivity contribution in [1.29, 1.82) is 0 Å². The molecule has 8 heteroatoms. The second kappa shape index (κ2) is 6.47. The van der Waals surface area contributed by atoms with Crippen molar-refractivity contribution in [3.8, 4) is 5.75 Å². The Hall–Kier alpha value is -2.90. The van der Waals surface area contributed by atoms with Gasteiger partial charge in [-0.2, -0.15) is 0 Å². The molecule has 0 aromatic heterocycles. The van der Waals surface area contributed by atoms with E-state index in [4.69, 9.17) is 4.74 Å². The van der Waals surface area contributed by atoms with Crippen LogP contribution in [0.3, 0.4) is 0 Å². The molecule has 0 radical (unpaired) electrons. The Kier molecular flexibility index (Phi) is 4.63. The smallest absolute Gasteiger partial charge is 0.413 e. The number of carbonyl (C=O) groups is 4. The SMILES string of the molecule is COC(=O)NC(=O)CC1C(=O)N(C)C(=O)c2ccc(OC)cc21. The Morgan fingerprint density at radius 3 is 2.57 bits per heavy atom. The summed E-state index contributed by atoms with van der Waals surface area (Å²) in [6, 6.07) is 4.70. The van der Waals surface area contributed by atoms with Crippen molar-refractivity contribution in [3.05, 3.63) is 29.3 Å². The molecule has 0 saturated heterocycles. The van der Waals surface area contributed by atoms with E-state index >= 15 is 0 Å². The maximum atomic E-state index is 12.4. The molecule has 1 aliphatic rings. The lowest BCUT2D eigenvalue weighted by Gasteiger charge is -2.30. The monoisotopic (exact) mass is 320 g/mol. The first-order valence-corrected chi connectivity index (χ1v) is 6.76. The molecule has 0 fully saturated rings. The van der Waals surface area contributed by atoms with Gasteiger partial charge >= 0.3 is 6.09 Å². The van der Waals surface area contributed by atoms with Gasteiger partial charge in [-0.15, -0.1) is 0 Å². The minimum absolute atomic E-state index is 0.286. The molecule has 2 rings (SSSR count). The number of amides is 4. The Morgan fingerprint density at radius 1 is 1.26 bits per heavy atom. The summed E-state index contributed by atoms with van der Waals surface area (Å²) in [7, 11) is 3.93. The maximum Gasteiger partial charge on any atom is 0.413 e. The summed E-state index contributed by atoms with van der Waals surface area (Å²) in [5.74, 6) is -2.06. The molecular formula is C15H16N2O6. The van der Waals surface area contributed by atoms with Gasteiger partial charge in [0, 0.05) is 19.0 Å². The number of rotatable bonds is 3. The Balaban J connectivity index is 2.36. The van der Waals surface area contributed by atoms with Gasteiger partial charge < -0.3 is 9.47 Å². The summed E-state index contributed by atoms with van der Waals surface area (Å²) in [5.41, 5.74) is 0.723. The van der Waals surface area contributed by atoms with Crippen LogP contribution < -0.4 is 10.1 Å². The highest BCUT2D eigenvalue weighted by molar-refractivity contribution is 6.12. The summed E-state index contributed by atoms with van der Waals surface area (Å²) < 4.78 is 9.44. The van der Waals surface area contributed by atoms with Gasteiger partial charge in [-0.3, -0.25) is 24.6 Å². The molecule has 0 bridgehead atoms. The van der Waals surface area contributed by atoms with Crippen LogP contribution in [0.25, 0.3) is 0 Å². The Bertz CT molecular complexity index is 685. The summed E-state index contributed by atoms with van der Waals surface area (Å²) >= 11 is 0. The van der Waals surface area contributed by atoms with Crippen molar-refractivity contribution in [1.82, 2.24) is 10.2 Å². The van der Waals surface area contributed by atoms with E-state index in [-0.39, 0.29) is 6.42 Å². The molecular weight excluding hydrogens is 304 g/mol. The Labute approximate surface area is 132 Å². The lowest BCUT2D eigenvalue weighted by atomic mass is 9.86. The van der Waals surface area contributed by atoms with E-state index < -0.39 is 29.7 Å². The van der Waals surface area contributed by atoms with Gasteiger partial charge in [0.05, 0.1) is 20.1 Å². The van der Waals surface area contributed by atoms with Gasteiger partial charge in [-0.1, -0.05) is 0 Å². The largest absolute Gasteiger partial charge is 0.497 e. The van der Waals surface area contributed by atoms with E-state index in [1.165, 1.54) is 14.2 Å². The molecule has 1 heterocycles. The number of methoxy groups -OCH3 is 2. The van der Waals surface area contributed by atoms with Gasteiger partial charge in [0.25, 0.3) is 5.91 Å². The van der Waals surface area contributed by atoms with E-state index in [0.29, 0.717) is 16.9 Å². The lowest BCUT2D eigenvalue weighted by molar-refractivity contribution is -0.132. The molecule has 4 amide bonds. The third-order valence-electron chi connectivity index (χ3n) is 3.61. The topological polar surface area (TPSA) is 102 Å². The number of nitrogens with zero attached hydrogens (tertiary/aromatic N) is 1. The standard InChI is InChI=1S/C15H16N2O6/c1-17-13(19)9-5-4-8(22-2)6-10(9)11(14(17)20)7-12(18)16-15(21)23-3/h4-6,11H,7H2,1-3H3,(H,16,18,21). The lowest BCUT2D eigenvalue weighted by Crippen LogP contribution is -2.44. The van der Waals surface area contributed by atoms with Crippen LogP contribution in [0.15, 0.2) is 18.2 Å². The number of hydrogen-bond acceptors (Lipinski definition) is 6. The molecule has 0 saturated carbocycles. The van der Waals surface area contributed by atoms with Gasteiger partial charge in [-0.25, -0.2) is 4.79 Å². The number of carbonyl (C=O) groups excluding carboxylic acids is 4. The minimum atomic E-state index is -0.909. The Morgan fingerprint density at radius 2 is 1.96 bits per heavy atom. The number of fused-ring (bicyclic) bond motifs is 1. The van der Waals surface area contributed by atoms with Crippen LogP contribution in [-0.2, 0) is 14.3 Å².